The molecule has 0 bridgehead atoms. The molecular formula is C15H28N2O3. The summed E-state index contributed by atoms with van der Waals surface area (Å²) in [7, 11) is 0. The van der Waals surface area contributed by atoms with Gasteiger partial charge in [-0.05, 0) is 45.2 Å². The molecule has 2 aliphatic heterocycles. The van der Waals surface area contributed by atoms with E-state index < -0.39 is 0 Å². The fourth-order valence-corrected chi connectivity index (χ4v) is 2.79. The van der Waals surface area contributed by atoms with E-state index in [2.05, 4.69) is 17.6 Å². The second kappa shape index (κ2) is 7.96. The SMILES string of the molecule is CC1(C(=O)NCCCOCC2CCCO2)CCNCC1. The van der Waals surface area contributed by atoms with Gasteiger partial charge in [0.25, 0.3) is 0 Å². The molecule has 116 valence electrons. The maximum absolute atomic E-state index is 12.2. The van der Waals surface area contributed by atoms with Crippen LogP contribution in [-0.2, 0) is 14.3 Å². The Kier molecular flexibility index (Phi) is 6.26. The summed E-state index contributed by atoms with van der Waals surface area (Å²) in [6.45, 7) is 6.90. The van der Waals surface area contributed by atoms with E-state index in [0.717, 1.165) is 51.8 Å². The predicted molar refractivity (Wildman–Crippen MR) is 77.6 cm³/mol. The van der Waals surface area contributed by atoms with Crippen LogP contribution in [0.2, 0.25) is 0 Å². The average Bonchev–Trinajstić information content (AvgIpc) is 2.96. The first-order valence-electron chi connectivity index (χ1n) is 7.89. The number of hydrogen-bond donors (Lipinski definition) is 2. The summed E-state index contributed by atoms with van der Waals surface area (Å²) in [5, 5.41) is 6.34. The quantitative estimate of drug-likeness (QED) is 0.687. The molecule has 20 heavy (non-hydrogen) atoms. The normalized spacial score (nSPS) is 25.6. The second-order valence-corrected chi connectivity index (χ2v) is 6.13. The Bertz CT molecular complexity index is 297. The van der Waals surface area contributed by atoms with Crippen molar-refractivity contribution in [3.8, 4) is 0 Å². The van der Waals surface area contributed by atoms with E-state index in [1.807, 2.05) is 0 Å². The van der Waals surface area contributed by atoms with Crippen molar-refractivity contribution >= 4 is 5.91 Å². The Morgan fingerprint density at radius 3 is 2.95 bits per heavy atom. The first-order valence-corrected chi connectivity index (χ1v) is 7.89. The minimum Gasteiger partial charge on any atom is -0.379 e. The van der Waals surface area contributed by atoms with Gasteiger partial charge in [-0.3, -0.25) is 4.79 Å². The number of carbonyl (C=O) groups excluding carboxylic acids is 1. The molecule has 2 heterocycles. The monoisotopic (exact) mass is 284 g/mol. The molecule has 2 fully saturated rings. The van der Waals surface area contributed by atoms with E-state index in [4.69, 9.17) is 9.47 Å². The lowest BCUT2D eigenvalue weighted by Gasteiger charge is -2.32. The molecule has 0 radical (unpaired) electrons. The number of amides is 1. The van der Waals surface area contributed by atoms with E-state index >= 15 is 0 Å². The van der Waals surface area contributed by atoms with Gasteiger partial charge in [0.15, 0.2) is 0 Å². The smallest absolute Gasteiger partial charge is 0.226 e. The van der Waals surface area contributed by atoms with E-state index in [0.29, 0.717) is 25.9 Å². The molecule has 0 aromatic carbocycles. The lowest BCUT2D eigenvalue weighted by atomic mass is 9.80. The van der Waals surface area contributed by atoms with Crippen molar-refractivity contribution in [2.45, 2.75) is 45.1 Å². The molecule has 0 saturated carbocycles. The largest absolute Gasteiger partial charge is 0.379 e. The van der Waals surface area contributed by atoms with Crippen LogP contribution in [0, 0.1) is 5.41 Å². The number of carbonyl (C=O) groups is 1. The predicted octanol–water partition coefficient (Wildman–Crippen LogP) is 1.08. The van der Waals surface area contributed by atoms with Crippen LogP contribution in [0.4, 0.5) is 0 Å². The molecule has 0 aliphatic carbocycles. The highest BCUT2D eigenvalue weighted by atomic mass is 16.5. The van der Waals surface area contributed by atoms with Crippen LogP contribution in [0.25, 0.3) is 0 Å². The van der Waals surface area contributed by atoms with Gasteiger partial charge in [0, 0.05) is 25.2 Å². The summed E-state index contributed by atoms with van der Waals surface area (Å²) in [4.78, 5) is 12.2. The molecule has 2 N–H and O–H groups in total. The maximum Gasteiger partial charge on any atom is 0.226 e. The zero-order chi connectivity index (χ0) is 14.3. The highest BCUT2D eigenvalue weighted by Gasteiger charge is 2.33. The third-order valence-corrected chi connectivity index (χ3v) is 4.33. The average molecular weight is 284 g/mol. The maximum atomic E-state index is 12.2. The van der Waals surface area contributed by atoms with E-state index in [-0.39, 0.29) is 11.3 Å². The van der Waals surface area contributed by atoms with Gasteiger partial charge in [-0.25, -0.2) is 0 Å². The Morgan fingerprint density at radius 2 is 2.25 bits per heavy atom. The van der Waals surface area contributed by atoms with Crippen molar-refractivity contribution in [3.05, 3.63) is 0 Å². The summed E-state index contributed by atoms with van der Waals surface area (Å²) >= 11 is 0. The number of nitrogens with one attached hydrogen (secondary N) is 2. The molecule has 0 spiro atoms. The Morgan fingerprint density at radius 1 is 1.45 bits per heavy atom. The molecule has 2 aliphatic rings. The lowest BCUT2D eigenvalue weighted by Crippen LogP contribution is -2.46. The second-order valence-electron chi connectivity index (χ2n) is 6.13. The molecule has 2 rings (SSSR count). The number of ether oxygens (including phenoxy) is 2. The molecule has 1 unspecified atom stereocenters. The molecule has 1 amide bonds. The van der Waals surface area contributed by atoms with Gasteiger partial charge in [0.05, 0.1) is 12.7 Å². The number of hydrogen-bond acceptors (Lipinski definition) is 4. The molecule has 2 saturated heterocycles. The standard InChI is InChI=1S/C15H28N2O3/c1-15(5-8-16-9-6-15)14(18)17-7-3-10-19-12-13-4-2-11-20-13/h13,16H,2-12H2,1H3,(H,17,18). The third kappa shape index (κ3) is 4.72. The molecule has 0 aromatic heterocycles. The minimum atomic E-state index is -0.191. The van der Waals surface area contributed by atoms with Gasteiger partial charge in [0.2, 0.25) is 5.91 Å². The van der Waals surface area contributed by atoms with Crippen molar-refractivity contribution in [2.24, 2.45) is 5.41 Å². The molecule has 5 heteroatoms. The zero-order valence-corrected chi connectivity index (χ0v) is 12.6. The van der Waals surface area contributed by atoms with Crippen molar-refractivity contribution in [1.82, 2.24) is 10.6 Å². The first kappa shape index (κ1) is 15.7. The van der Waals surface area contributed by atoms with Gasteiger partial charge >= 0.3 is 0 Å². The van der Waals surface area contributed by atoms with Crippen LogP contribution in [0.1, 0.15) is 39.0 Å². The summed E-state index contributed by atoms with van der Waals surface area (Å²) < 4.78 is 11.1. The van der Waals surface area contributed by atoms with Crippen molar-refractivity contribution in [2.75, 3.05) is 39.5 Å². The zero-order valence-electron chi connectivity index (χ0n) is 12.6. The fraction of sp³-hybridized carbons (Fsp3) is 0.933. The van der Waals surface area contributed by atoms with Gasteiger partial charge in [0.1, 0.15) is 0 Å². The summed E-state index contributed by atoms with van der Waals surface area (Å²) in [6, 6.07) is 0. The van der Waals surface area contributed by atoms with E-state index in [1.165, 1.54) is 0 Å². The van der Waals surface area contributed by atoms with Gasteiger partial charge in [-0.1, -0.05) is 6.92 Å². The van der Waals surface area contributed by atoms with Crippen molar-refractivity contribution < 1.29 is 14.3 Å². The minimum absolute atomic E-state index is 0.191. The van der Waals surface area contributed by atoms with Crippen molar-refractivity contribution in [3.63, 3.8) is 0 Å². The highest BCUT2D eigenvalue weighted by Crippen LogP contribution is 2.27. The Balaban J connectivity index is 1.50. The van der Waals surface area contributed by atoms with Gasteiger partial charge in [-0.15, -0.1) is 0 Å². The van der Waals surface area contributed by atoms with Crippen molar-refractivity contribution in [1.29, 1.82) is 0 Å². The van der Waals surface area contributed by atoms with Crippen LogP contribution in [-0.4, -0.2) is 51.5 Å². The van der Waals surface area contributed by atoms with Crippen LogP contribution in [0.3, 0.4) is 0 Å². The highest BCUT2D eigenvalue weighted by molar-refractivity contribution is 5.82. The van der Waals surface area contributed by atoms with Crippen LogP contribution >= 0.6 is 0 Å². The van der Waals surface area contributed by atoms with Crippen LogP contribution < -0.4 is 10.6 Å². The Labute approximate surface area is 121 Å². The summed E-state index contributed by atoms with van der Waals surface area (Å²) in [6.07, 6.45) is 5.27. The molecule has 1 atom stereocenters. The third-order valence-electron chi connectivity index (χ3n) is 4.33. The summed E-state index contributed by atoms with van der Waals surface area (Å²) in [5.74, 6) is 0.193. The number of rotatable bonds is 7. The van der Waals surface area contributed by atoms with E-state index in [1.54, 1.807) is 0 Å². The lowest BCUT2D eigenvalue weighted by molar-refractivity contribution is -0.131. The number of piperidine rings is 1. The Hall–Kier alpha value is -0.650. The fourth-order valence-electron chi connectivity index (χ4n) is 2.79. The molecular weight excluding hydrogens is 256 g/mol. The molecule has 0 aromatic rings. The van der Waals surface area contributed by atoms with E-state index in [9.17, 15) is 4.79 Å². The summed E-state index contributed by atoms with van der Waals surface area (Å²) in [5.41, 5.74) is -0.191. The first-order chi connectivity index (χ1) is 9.71. The van der Waals surface area contributed by atoms with Crippen LogP contribution in [0.15, 0.2) is 0 Å². The molecule has 5 nitrogen and oxygen atoms in total. The topological polar surface area (TPSA) is 59.6 Å². The van der Waals surface area contributed by atoms with Crippen LogP contribution in [0.5, 0.6) is 0 Å². The van der Waals surface area contributed by atoms with Gasteiger partial charge in [-0.2, -0.15) is 0 Å². The van der Waals surface area contributed by atoms with Gasteiger partial charge < -0.3 is 20.1 Å².